The fourth-order valence-electron chi connectivity index (χ4n) is 2.09. The third-order valence-electron chi connectivity index (χ3n) is 3.18. The minimum atomic E-state index is -4.51. The van der Waals surface area contributed by atoms with E-state index in [-0.39, 0.29) is 17.3 Å². The summed E-state index contributed by atoms with van der Waals surface area (Å²) < 4.78 is 47.5. The average Bonchev–Trinajstić information content (AvgIpc) is 3.24. The van der Waals surface area contributed by atoms with E-state index in [2.05, 4.69) is 15.2 Å². The zero-order valence-corrected chi connectivity index (χ0v) is 14.3. The van der Waals surface area contributed by atoms with Gasteiger partial charge in [-0.3, -0.25) is 4.79 Å². The summed E-state index contributed by atoms with van der Waals surface area (Å²) in [5.74, 6) is -1.56. The van der Waals surface area contributed by atoms with Gasteiger partial charge in [0.05, 0.1) is 10.6 Å². The van der Waals surface area contributed by atoms with Crippen molar-refractivity contribution in [2.45, 2.75) is 12.7 Å². The Balaban J connectivity index is 1.69. The lowest BCUT2D eigenvalue weighted by Crippen LogP contribution is -2.26. The van der Waals surface area contributed by atoms with Crippen molar-refractivity contribution >= 4 is 22.9 Å². The maximum atomic E-state index is 12.3. The lowest BCUT2D eigenvalue weighted by Gasteiger charge is -2.13. The van der Waals surface area contributed by atoms with E-state index in [4.69, 9.17) is 4.42 Å². The maximum absolute atomic E-state index is 12.3. The number of para-hydroxylation sites is 2. The van der Waals surface area contributed by atoms with Crippen molar-refractivity contribution in [1.29, 1.82) is 0 Å². The molecule has 2 heterocycles. The summed E-state index contributed by atoms with van der Waals surface area (Å²) in [5, 5.41) is 8.11. The predicted octanol–water partition coefficient (Wildman–Crippen LogP) is 3.14. The molecule has 0 aliphatic carbocycles. The quantitative estimate of drug-likeness (QED) is 0.688. The molecule has 1 aromatic carbocycles. The van der Waals surface area contributed by atoms with Gasteiger partial charge in [-0.05, 0) is 23.6 Å². The minimum absolute atomic E-state index is 0.0433. The van der Waals surface area contributed by atoms with E-state index in [1.54, 1.807) is 17.5 Å². The molecule has 11 heteroatoms. The number of ether oxygens (including phenoxy) is 1. The molecule has 3 aromatic rings. The van der Waals surface area contributed by atoms with E-state index in [1.807, 2.05) is 0 Å². The molecule has 1 amide bonds. The number of amides is 1. The van der Waals surface area contributed by atoms with E-state index in [0.29, 0.717) is 4.88 Å². The highest BCUT2D eigenvalue weighted by Gasteiger charge is 2.29. The first kappa shape index (κ1) is 18.7. The van der Waals surface area contributed by atoms with Crippen molar-refractivity contribution in [2.24, 2.45) is 0 Å². The number of anilines is 1. The van der Waals surface area contributed by atoms with Gasteiger partial charge in [0.15, 0.2) is 6.61 Å². The van der Waals surface area contributed by atoms with Gasteiger partial charge in [-0.2, -0.15) is 17.9 Å². The van der Waals surface area contributed by atoms with Gasteiger partial charge in [-0.25, -0.2) is 4.79 Å². The van der Waals surface area contributed by atoms with Gasteiger partial charge in [-0.1, -0.05) is 18.2 Å². The smallest absolute Gasteiger partial charge is 0.437 e. The number of hydrogen-bond acceptors (Lipinski definition) is 6. The van der Waals surface area contributed by atoms with Gasteiger partial charge >= 0.3 is 11.9 Å². The summed E-state index contributed by atoms with van der Waals surface area (Å²) >= 11 is 1.31. The summed E-state index contributed by atoms with van der Waals surface area (Å²) in [5.41, 5.74) is 0.0433. The Morgan fingerprint density at radius 1 is 1.26 bits per heavy atom. The minimum Gasteiger partial charge on any atom is -0.482 e. The molecule has 0 aliphatic heterocycles. The number of nitrogens with one attached hydrogen (secondary N) is 1. The molecule has 142 valence electrons. The van der Waals surface area contributed by atoms with E-state index in [0.717, 1.165) is 4.68 Å². The molecule has 0 atom stereocenters. The molecule has 0 radical (unpaired) electrons. The fraction of sp³-hybridized carbons (Fsp3) is 0.188. The largest absolute Gasteiger partial charge is 0.482 e. The first-order valence-electron chi connectivity index (χ1n) is 7.52. The average molecular weight is 399 g/mol. The van der Waals surface area contributed by atoms with E-state index in [1.165, 1.54) is 35.6 Å². The molecule has 0 bridgehead atoms. The van der Waals surface area contributed by atoms with Crippen LogP contribution in [0.2, 0.25) is 0 Å². The van der Waals surface area contributed by atoms with E-state index < -0.39 is 31.0 Å². The van der Waals surface area contributed by atoms with Gasteiger partial charge in [-0.15, -0.1) is 16.4 Å². The molecule has 0 unspecified atom stereocenters. The summed E-state index contributed by atoms with van der Waals surface area (Å²) in [4.78, 5) is 24.6. The molecule has 0 saturated carbocycles. The number of benzene rings is 1. The Bertz CT molecular complexity index is 979. The highest BCUT2D eigenvalue weighted by Crippen LogP contribution is 2.26. The number of nitrogens with zero attached hydrogens (tertiary/aromatic N) is 2. The molecule has 1 N–H and O–H groups in total. The molecule has 0 aliphatic rings. The lowest BCUT2D eigenvalue weighted by atomic mass is 10.3. The molecule has 0 spiro atoms. The second-order valence-electron chi connectivity index (χ2n) is 5.26. The van der Waals surface area contributed by atoms with Gasteiger partial charge < -0.3 is 14.5 Å². The van der Waals surface area contributed by atoms with Crippen LogP contribution in [-0.2, 0) is 11.3 Å². The molecule has 0 saturated heterocycles. The molecule has 0 fully saturated rings. The maximum Gasteiger partial charge on any atom is 0.437 e. The first-order chi connectivity index (χ1) is 12.8. The number of rotatable bonds is 6. The SMILES string of the molecule is O=C(Cn1nc(-c2cccs2)oc1=O)Nc1ccccc1OCC(F)(F)F. The van der Waals surface area contributed by atoms with Gasteiger partial charge in [0.25, 0.3) is 5.89 Å². The summed E-state index contributed by atoms with van der Waals surface area (Å²) in [7, 11) is 0. The van der Waals surface area contributed by atoms with Crippen LogP contribution in [0.4, 0.5) is 18.9 Å². The molecule has 2 aromatic heterocycles. The molecule has 7 nitrogen and oxygen atoms in total. The summed E-state index contributed by atoms with van der Waals surface area (Å²) in [6.45, 7) is -1.96. The van der Waals surface area contributed by atoms with Crippen LogP contribution in [-0.4, -0.2) is 28.5 Å². The van der Waals surface area contributed by atoms with Crippen LogP contribution in [0.25, 0.3) is 10.8 Å². The summed E-state index contributed by atoms with van der Waals surface area (Å²) in [6, 6.07) is 9.12. The highest BCUT2D eigenvalue weighted by molar-refractivity contribution is 7.13. The fourth-order valence-corrected chi connectivity index (χ4v) is 2.73. The molecular weight excluding hydrogens is 387 g/mol. The molecule has 3 rings (SSSR count). The summed E-state index contributed by atoms with van der Waals surface area (Å²) in [6.07, 6.45) is -4.51. The topological polar surface area (TPSA) is 86.4 Å². The van der Waals surface area contributed by atoms with Crippen molar-refractivity contribution in [3.63, 3.8) is 0 Å². The van der Waals surface area contributed by atoms with Crippen LogP contribution in [0.5, 0.6) is 5.75 Å². The second kappa shape index (κ2) is 7.66. The number of aromatic nitrogens is 2. The van der Waals surface area contributed by atoms with Crippen molar-refractivity contribution in [2.75, 3.05) is 11.9 Å². The Hall–Kier alpha value is -3.08. The normalized spacial score (nSPS) is 11.4. The number of carbonyl (C=O) groups is 1. The Morgan fingerprint density at radius 3 is 2.74 bits per heavy atom. The van der Waals surface area contributed by atoms with Crippen LogP contribution in [0.15, 0.2) is 51.0 Å². The predicted molar refractivity (Wildman–Crippen MR) is 90.7 cm³/mol. The van der Waals surface area contributed by atoms with Crippen molar-refractivity contribution < 1.29 is 27.1 Å². The Labute approximate surface area is 154 Å². The number of carbonyl (C=O) groups excluding carboxylic acids is 1. The van der Waals surface area contributed by atoms with Crippen LogP contribution in [0, 0.1) is 0 Å². The Kier molecular flexibility index (Phi) is 5.31. The number of hydrogen-bond donors (Lipinski definition) is 1. The molecular formula is C16H12F3N3O4S. The standard InChI is InChI=1S/C16H12F3N3O4S/c17-16(18,19)9-25-11-5-2-1-4-10(11)20-13(23)8-22-15(24)26-14(21-22)12-6-3-7-27-12/h1-7H,8-9H2,(H,20,23). The van der Waals surface area contributed by atoms with Crippen molar-refractivity contribution in [3.05, 3.63) is 52.3 Å². The van der Waals surface area contributed by atoms with Crippen LogP contribution < -0.4 is 15.8 Å². The van der Waals surface area contributed by atoms with Gasteiger partial charge in [0.1, 0.15) is 12.3 Å². The first-order valence-corrected chi connectivity index (χ1v) is 8.40. The van der Waals surface area contributed by atoms with Gasteiger partial charge in [0, 0.05) is 0 Å². The van der Waals surface area contributed by atoms with E-state index in [9.17, 15) is 22.8 Å². The van der Waals surface area contributed by atoms with E-state index >= 15 is 0 Å². The zero-order valence-electron chi connectivity index (χ0n) is 13.5. The monoisotopic (exact) mass is 399 g/mol. The lowest BCUT2D eigenvalue weighted by molar-refractivity contribution is -0.153. The highest BCUT2D eigenvalue weighted by atomic mass is 32.1. The van der Waals surface area contributed by atoms with Crippen LogP contribution >= 0.6 is 11.3 Å². The second-order valence-corrected chi connectivity index (χ2v) is 6.20. The third-order valence-corrected chi connectivity index (χ3v) is 4.04. The zero-order chi connectivity index (χ0) is 19.4. The van der Waals surface area contributed by atoms with Crippen LogP contribution in [0.3, 0.4) is 0 Å². The Morgan fingerprint density at radius 2 is 2.04 bits per heavy atom. The van der Waals surface area contributed by atoms with Crippen molar-refractivity contribution in [3.8, 4) is 16.5 Å². The molecule has 27 heavy (non-hydrogen) atoms. The van der Waals surface area contributed by atoms with Crippen molar-refractivity contribution in [1.82, 2.24) is 9.78 Å². The number of alkyl halides is 3. The number of thiophene rings is 1. The van der Waals surface area contributed by atoms with Crippen LogP contribution in [0.1, 0.15) is 0 Å². The van der Waals surface area contributed by atoms with Gasteiger partial charge in [0.2, 0.25) is 5.91 Å². The third kappa shape index (κ3) is 4.97. The number of halogens is 3.